The maximum atomic E-state index is 3.99. The van der Waals surface area contributed by atoms with Crippen LogP contribution in [0.2, 0.25) is 26.2 Å². The number of hydrogen-bond acceptors (Lipinski definition) is 2. The lowest BCUT2D eigenvalue weighted by Crippen LogP contribution is -2.65. The maximum absolute atomic E-state index is 3.99. The Balaban J connectivity index is 2.33. The highest BCUT2D eigenvalue weighted by molar-refractivity contribution is 7.42. The molecule has 0 radical (unpaired) electrons. The van der Waals surface area contributed by atoms with E-state index in [-0.39, 0.29) is 0 Å². The van der Waals surface area contributed by atoms with E-state index >= 15 is 0 Å². The number of para-hydroxylation sites is 2. The Morgan fingerprint density at radius 3 is 1.04 bits per heavy atom. The molecule has 0 fully saturated rings. The molecule has 2 aromatic rings. The molecule has 0 aliphatic heterocycles. The second-order valence-electron chi connectivity index (χ2n) is 8.03. The molecule has 0 spiro atoms. The highest BCUT2D eigenvalue weighted by atomic mass is 29.3. The fraction of sp³-hybridized carbons (Fsp3) is 0.400. The summed E-state index contributed by atoms with van der Waals surface area (Å²) in [7, 11) is -3.37. The van der Waals surface area contributed by atoms with Crippen LogP contribution in [0.15, 0.2) is 36.4 Å². The van der Waals surface area contributed by atoms with Crippen LogP contribution in [-0.2, 0) is 0 Å². The Hall–Kier alpha value is -1.53. The first-order chi connectivity index (χ1) is 11.0. The smallest absolute Gasteiger partial charge is 0.159 e. The summed E-state index contributed by atoms with van der Waals surface area (Å²) >= 11 is 0. The van der Waals surface area contributed by atoms with Gasteiger partial charge in [0.25, 0.3) is 0 Å². The van der Waals surface area contributed by atoms with E-state index in [2.05, 4.69) is 100 Å². The third-order valence-electron chi connectivity index (χ3n) is 5.40. The zero-order valence-corrected chi connectivity index (χ0v) is 18.5. The van der Waals surface area contributed by atoms with E-state index in [0.717, 1.165) is 0 Å². The van der Waals surface area contributed by atoms with Crippen molar-refractivity contribution in [3.8, 4) is 0 Å². The van der Waals surface area contributed by atoms with E-state index < -0.39 is 15.5 Å². The summed E-state index contributed by atoms with van der Waals surface area (Å²) in [6, 6.07) is 13.1. The Kier molecular flexibility index (Phi) is 5.30. The molecule has 0 aliphatic rings. The van der Waals surface area contributed by atoms with Crippen LogP contribution >= 0.6 is 0 Å². The molecule has 0 unspecified atom stereocenters. The molecule has 130 valence electrons. The lowest BCUT2D eigenvalue weighted by atomic mass is 10.1. The molecule has 2 aromatic carbocycles. The van der Waals surface area contributed by atoms with Gasteiger partial charge in [0.1, 0.15) is 0 Å². The third kappa shape index (κ3) is 3.75. The third-order valence-corrected chi connectivity index (χ3v) is 20.4. The highest BCUT2D eigenvalue weighted by Crippen LogP contribution is 2.30. The van der Waals surface area contributed by atoms with Gasteiger partial charge in [0.05, 0.1) is 0 Å². The van der Waals surface area contributed by atoms with Gasteiger partial charge in [-0.2, -0.15) is 0 Å². The predicted octanol–water partition coefficient (Wildman–Crippen LogP) is 5.93. The summed E-state index contributed by atoms with van der Waals surface area (Å²) in [6.07, 6.45) is 0. The summed E-state index contributed by atoms with van der Waals surface area (Å²) < 4.78 is 0. The minimum atomic E-state index is -1.69. The van der Waals surface area contributed by atoms with Crippen molar-refractivity contribution >= 4 is 26.9 Å². The minimum absolute atomic E-state index is 1.33. The average Bonchev–Trinajstić information content (AvgIpc) is 2.47. The van der Waals surface area contributed by atoms with Gasteiger partial charge in [-0.1, -0.05) is 62.6 Å². The summed E-state index contributed by atoms with van der Waals surface area (Å²) in [5.74, 6) is 0. The molecule has 0 atom stereocenters. The Morgan fingerprint density at radius 1 is 0.542 bits per heavy atom. The van der Waals surface area contributed by atoms with Crippen molar-refractivity contribution in [1.82, 2.24) is 0 Å². The van der Waals surface area contributed by atoms with Gasteiger partial charge in [0, 0.05) is 11.4 Å². The number of aryl methyl sites for hydroxylation is 4. The molecule has 0 heterocycles. The quantitative estimate of drug-likeness (QED) is 0.648. The molecular weight excluding hydrogens is 324 g/mol. The van der Waals surface area contributed by atoms with Gasteiger partial charge in [-0.05, 0) is 49.9 Å². The van der Waals surface area contributed by atoms with Crippen LogP contribution in [0.4, 0.5) is 11.4 Å². The molecule has 2 nitrogen and oxygen atoms in total. The van der Waals surface area contributed by atoms with E-state index in [4.69, 9.17) is 0 Å². The summed E-state index contributed by atoms with van der Waals surface area (Å²) in [5, 5.41) is 0. The van der Waals surface area contributed by atoms with E-state index in [1.807, 2.05) is 0 Å². The number of benzene rings is 2. The van der Waals surface area contributed by atoms with Crippen LogP contribution < -0.4 is 9.96 Å². The molecule has 0 saturated heterocycles. The van der Waals surface area contributed by atoms with Crippen molar-refractivity contribution in [2.75, 3.05) is 9.96 Å². The largest absolute Gasteiger partial charge is 0.411 e. The van der Waals surface area contributed by atoms with Crippen LogP contribution in [0.1, 0.15) is 22.3 Å². The highest BCUT2D eigenvalue weighted by Gasteiger charge is 2.43. The Labute approximate surface area is 149 Å². The molecule has 0 aromatic heterocycles. The molecule has 0 amide bonds. The van der Waals surface area contributed by atoms with Crippen LogP contribution in [0.3, 0.4) is 0 Å². The van der Waals surface area contributed by atoms with E-state index in [9.17, 15) is 0 Å². The van der Waals surface area contributed by atoms with E-state index in [1.165, 1.54) is 33.6 Å². The fourth-order valence-corrected chi connectivity index (χ4v) is 8.25. The average molecular weight is 357 g/mol. The molecular formula is C20H32N2Si2. The monoisotopic (exact) mass is 356 g/mol. The predicted molar refractivity (Wildman–Crippen MR) is 114 cm³/mol. The molecule has 2 rings (SSSR count). The first kappa shape index (κ1) is 18.8. The number of nitrogens with one attached hydrogen (secondary N) is 2. The lowest BCUT2D eigenvalue weighted by Gasteiger charge is -2.41. The second-order valence-corrected chi connectivity index (χ2v) is 22.5. The van der Waals surface area contributed by atoms with Gasteiger partial charge in [-0.15, -0.1) is 0 Å². The topological polar surface area (TPSA) is 24.1 Å². The van der Waals surface area contributed by atoms with Crippen LogP contribution in [0.5, 0.6) is 0 Å². The van der Waals surface area contributed by atoms with Gasteiger partial charge in [0.15, 0.2) is 15.5 Å². The maximum Gasteiger partial charge on any atom is 0.159 e. The van der Waals surface area contributed by atoms with Crippen LogP contribution in [-0.4, -0.2) is 15.5 Å². The normalized spacial score (nSPS) is 12.2. The van der Waals surface area contributed by atoms with E-state index in [1.54, 1.807) is 0 Å². The van der Waals surface area contributed by atoms with Gasteiger partial charge < -0.3 is 9.96 Å². The molecule has 0 bridgehead atoms. The zero-order chi connectivity index (χ0) is 18.1. The van der Waals surface area contributed by atoms with Crippen molar-refractivity contribution in [2.45, 2.75) is 53.9 Å². The van der Waals surface area contributed by atoms with Gasteiger partial charge >= 0.3 is 0 Å². The van der Waals surface area contributed by atoms with Crippen molar-refractivity contribution < 1.29 is 0 Å². The van der Waals surface area contributed by atoms with Gasteiger partial charge in [-0.3, -0.25) is 0 Å². The van der Waals surface area contributed by atoms with Crippen LogP contribution in [0, 0.1) is 27.7 Å². The zero-order valence-electron chi connectivity index (χ0n) is 16.5. The Morgan fingerprint density at radius 2 is 0.792 bits per heavy atom. The summed E-state index contributed by atoms with van der Waals surface area (Å²) in [5.41, 5.74) is 8.02. The summed E-state index contributed by atoms with van der Waals surface area (Å²) in [4.78, 5) is 7.98. The number of hydrogen-bond donors (Lipinski definition) is 2. The second kappa shape index (κ2) is 6.77. The van der Waals surface area contributed by atoms with Crippen molar-refractivity contribution in [2.24, 2.45) is 0 Å². The number of rotatable bonds is 5. The minimum Gasteiger partial charge on any atom is -0.411 e. The fourth-order valence-electron chi connectivity index (χ4n) is 2.96. The van der Waals surface area contributed by atoms with Crippen molar-refractivity contribution in [3.63, 3.8) is 0 Å². The standard InChI is InChI=1S/C20H32N2Si2/c1-15-11-9-12-16(2)19(15)21-23(5,6)24(7,8)22-20-17(3)13-10-14-18(20)4/h9-14,21-22H,1-8H3. The van der Waals surface area contributed by atoms with Gasteiger partial charge in [0.2, 0.25) is 0 Å². The molecule has 0 aliphatic carbocycles. The van der Waals surface area contributed by atoms with Gasteiger partial charge in [-0.25, -0.2) is 0 Å². The molecule has 4 heteroatoms. The summed E-state index contributed by atoms with van der Waals surface area (Å²) in [6.45, 7) is 18.7. The molecule has 0 saturated carbocycles. The Bertz CT molecular complexity index is 632. The molecule has 24 heavy (non-hydrogen) atoms. The SMILES string of the molecule is Cc1cccc(C)c1N[Si](C)(C)[Si](C)(C)Nc1c(C)cccc1C. The van der Waals surface area contributed by atoms with Crippen molar-refractivity contribution in [3.05, 3.63) is 58.7 Å². The number of anilines is 2. The first-order valence-corrected chi connectivity index (χ1v) is 15.7. The molecule has 2 N–H and O–H groups in total. The van der Waals surface area contributed by atoms with Crippen molar-refractivity contribution in [1.29, 1.82) is 0 Å². The van der Waals surface area contributed by atoms with Crippen LogP contribution in [0.25, 0.3) is 0 Å². The lowest BCUT2D eigenvalue weighted by molar-refractivity contribution is 1.36. The van der Waals surface area contributed by atoms with E-state index in [0.29, 0.717) is 0 Å². The first-order valence-electron chi connectivity index (χ1n) is 8.74.